The van der Waals surface area contributed by atoms with Crippen LogP contribution in [0.3, 0.4) is 0 Å². The molecule has 1 aliphatic rings. The van der Waals surface area contributed by atoms with Crippen molar-refractivity contribution in [3.8, 4) is 0 Å². The lowest BCUT2D eigenvalue weighted by Crippen LogP contribution is -2.21. The van der Waals surface area contributed by atoms with Crippen molar-refractivity contribution < 1.29 is 9.53 Å². The van der Waals surface area contributed by atoms with Gasteiger partial charge in [-0.3, -0.25) is 9.69 Å². The summed E-state index contributed by atoms with van der Waals surface area (Å²) in [6.07, 6.45) is 0.556. The number of nitrogens with zero attached hydrogens (tertiary/aromatic N) is 1. The van der Waals surface area contributed by atoms with E-state index in [2.05, 4.69) is 36.1 Å². The van der Waals surface area contributed by atoms with Gasteiger partial charge in [-0.2, -0.15) is 0 Å². The maximum Gasteiger partial charge on any atom is 0.306 e. The van der Waals surface area contributed by atoms with Gasteiger partial charge >= 0.3 is 5.97 Å². The zero-order valence-corrected chi connectivity index (χ0v) is 11.8. The number of ether oxygens (including phenoxy) is 1. The molecule has 1 heterocycles. The number of carbonyl (C=O) groups is 1. The summed E-state index contributed by atoms with van der Waals surface area (Å²) in [6.45, 7) is 7.61. The van der Waals surface area contributed by atoms with E-state index in [0.717, 1.165) is 19.6 Å². The SMILES string of the molecule is CCOC(=O)C[C@@H]1CN(Cc2ccccc2)C[C@H]1C. The van der Waals surface area contributed by atoms with E-state index >= 15 is 0 Å². The largest absolute Gasteiger partial charge is 0.466 e. The zero-order chi connectivity index (χ0) is 13.7. The summed E-state index contributed by atoms with van der Waals surface area (Å²) < 4.78 is 5.05. The Hall–Kier alpha value is -1.35. The highest BCUT2D eigenvalue weighted by molar-refractivity contribution is 5.69. The lowest BCUT2D eigenvalue weighted by Gasteiger charge is -2.15. The Labute approximate surface area is 115 Å². The van der Waals surface area contributed by atoms with Crippen molar-refractivity contribution in [3.63, 3.8) is 0 Å². The van der Waals surface area contributed by atoms with Crippen molar-refractivity contribution in [2.75, 3.05) is 19.7 Å². The zero-order valence-electron chi connectivity index (χ0n) is 11.8. The topological polar surface area (TPSA) is 29.5 Å². The van der Waals surface area contributed by atoms with E-state index in [1.807, 2.05) is 13.0 Å². The molecule has 0 unspecified atom stereocenters. The van der Waals surface area contributed by atoms with Gasteiger partial charge in [-0.1, -0.05) is 37.3 Å². The first-order valence-electron chi connectivity index (χ1n) is 7.11. The van der Waals surface area contributed by atoms with E-state index < -0.39 is 0 Å². The average molecular weight is 261 g/mol. The number of hydrogen-bond acceptors (Lipinski definition) is 3. The van der Waals surface area contributed by atoms with Gasteiger partial charge in [0.1, 0.15) is 0 Å². The molecule has 2 rings (SSSR count). The van der Waals surface area contributed by atoms with E-state index in [-0.39, 0.29) is 5.97 Å². The Morgan fingerprint density at radius 1 is 1.32 bits per heavy atom. The first-order chi connectivity index (χ1) is 9.19. The Bertz CT molecular complexity index is 404. The number of hydrogen-bond donors (Lipinski definition) is 0. The second-order valence-electron chi connectivity index (χ2n) is 5.43. The van der Waals surface area contributed by atoms with Gasteiger partial charge in [-0.05, 0) is 24.3 Å². The average Bonchev–Trinajstić information content (AvgIpc) is 2.71. The number of carbonyl (C=O) groups excluding carboxylic acids is 1. The molecule has 0 amide bonds. The molecule has 0 radical (unpaired) electrons. The van der Waals surface area contributed by atoms with Crippen LogP contribution in [0, 0.1) is 11.8 Å². The Morgan fingerprint density at radius 2 is 2.05 bits per heavy atom. The van der Waals surface area contributed by atoms with Gasteiger partial charge in [0.2, 0.25) is 0 Å². The normalized spacial score (nSPS) is 23.5. The fourth-order valence-electron chi connectivity index (χ4n) is 2.81. The van der Waals surface area contributed by atoms with Crippen LogP contribution in [0.15, 0.2) is 30.3 Å². The van der Waals surface area contributed by atoms with Gasteiger partial charge in [0.05, 0.1) is 6.61 Å². The number of esters is 1. The molecule has 0 aliphatic carbocycles. The van der Waals surface area contributed by atoms with Crippen LogP contribution in [0.2, 0.25) is 0 Å². The summed E-state index contributed by atoms with van der Waals surface area (Å²) >= 11 is 0. The summed E-state index contributed by atoms with van der Waals surface area (Å²) in [6, 6.07) is 10.5. The fraction of sp³-hybridized carbons (Fsp3) is 0.562. The van der Waals surface area contributed by atoms with Crippen LogP contribution >= 0.6 is 0 Å². The van der Waals surface area contributed by atoms with Gasteiger partial charge in [0, 0.05) is 26.1 Å². The molecular weight excluding hydrogens is 238 g/mol. The minimum absolute atomic E-state index is 0.0547. The molecule has 2 atom stereocenters. The summed E-state index contributed by atoms with van der Waals surface area (Å²) in [5.74, 6) is 0.941. The van der Waals surface area contributed by atoms with Crippen LogP contribution in [-0.4, -0.2) is 30.6 Å². The van der Waals surface area contributed by atoms with Gasteiger partial charge < -0.3 is 4.74 Å². The molecule has 0 aromatic heterocycles. The fourth-order valence-corrected chi connectivity index (χ4v) is 2.81. The van der Waals surface area contributed by atoms with Crippen LogP contribution in [0.5, 0.6) is 0 Å². The molecule has 0 bridgehead atoms. The van der Waals surface area contributed by atoms with Crippen LogP contribution in [0.4, 0.5) is 0 Å². The molecule has 1 fully saturated rings. The predicted molar refractivity (Wildman–Crippen MR) is 75.6 cm³/mol. The van der Waals surface area contributed by atoms with Crippen LogP contribution in [0.1, 0.15) is 25.8 Å². The third-order valence-electron chi connectivity index (χ3n) is 3.83. The molecular formula is C16H23NO2. The molecule has 19 heavy (non-hydrogen) atoms. The Kier molecular flexibility index (Phi) is 4.97. The van der Waals surface area contributed by atoms with Gasteiger partial charge in [0.25, 0.3) is 0 Å². The van der Waals surface area contributed by atoms with Crippen molar-refractivity contribution in [1.29, 1.82) is 0 Å². The standard InChI is InChI=1S/C16H23NO2/c1-3-19-16(18)9-15-12-17(10-13(15)2)11-14-7-5-4-6-8-14/h4-8,13,15H,3,9-12H2,1-2H3/t13-,15-/m1/s1. The summed E-state index contributed by atoms with van der Waals surface area (Å²) in [4.78, 5) is 14.0. The van der Waals surface area contributed by atoms with E-state index in [1.54, 1.807) is 0 Å². The van der Waals surface area contributed by atoms with Crippen molar-refractivity contribution in [1.82, 2.24) is 4.90 Å². The quantitative estimate of drug-likeness (QED) is 0.763. The molecule has 0 N–H and O–H groups in total. The first-order valence-corrected chi connectivity index (χ1v) is 7.11. The van der Waals surface area contributed by atoms with Crippen molar-refractivity contribution in [2.24, 2.45) is 11.8 Å². The summed E-state index contributed by atoms with van der Waals surface area (Å²) in [5, 5.41) is 0. The van der Waals surface area contributed by atoms with Crippen molar-refractivity contribution in [3.05, 3.63) is 35.9 Å². The molecule has 3 heteroatoms. The lowest BCUT2D eigenvalue weighted by atomic mass is 9.95. The summed E-state index contributed by atoms with van der Waals surface area (Å²) in [5.41, 5.74) is 1.34. The predicted octanol–water partition coefficient (Wildman–Crippen LogP) is 2.71. The highest BCUT2D eigenvalue weighted by atomic mass is 16.5. The first kappa shape index (κ1) is 14.1. The minimum Gasteiger partial charge on any atom is -0.466 e. The van der Waals surface area contributed by atoms with Crippen molar-refractivity contribution >= 4 is 5.97 Å². The lowest BCUT2D eigenvalue weighted by molar-refractivity contribution is -0.144. The highest BCUT2D eigenvalue weighted by Gasteiger charge is 2.31. The number of rotatable bonds is 5. The second-order valence-corrected chi connectivity index (χ2v) is 5.43. The molecule has 0 spiro atoms. The molecule has 1 saturated heterocycles. The minimum atomic E-state index is -0.0547. The van der Waals surface area contributed by atoms with Gasteiger partial charge in [-0.25, -0.2) is 0 Å². The van der Waals surface area contributed by atoms with Gasteiger partial charge in [-0.15, -0.1) is 0 Å². The molecule has 1 aromatic carbocycles. The van der Waals surface area contributed by atoms with Crippen LogP contribution in [-0.2, 0) is 16.1 Å². The van der Waals surface area contributed by atoms with Gasteiger partial charge in [0.15, 0.2) is 0 Å². The number of benzene rings is 1. The third-order valence-corrected chi connectivity index (χ3v) is 3.83. The van der Waals surface area contributed by atoms with Crippen LogP contribution in [0.25, 0.3) is 0 Å². The Balaban J connectivity index is 1.85. The molecule has 1 aliphatic heterocycles. The summed E-state index contributed by atoms with van der Waals surface area (Å²) in [7, 11) is 0. The monoisotopic (exact) mass is 261 g/mol. The number of likely N-dealkylation sites (tertiary alicyclic amines) is 1. The molecule has 104 valence electrons. The smallest absolute Gasteiger partial charge is 0.306 e. The second kappa shape index (κ2) is 6.71. The van der Waals surface area contributed by atoms with E-state index in [4.69, 9.17) is 4.74 Å². The maximum absolute atomic E-state index is 11.6. The molecule has 3 nitrogen and oxygen atoms in total. The molecule has 0 saturated carbocycles. The Morgan fingerprint density at radius 3 is 2.74 bits per heavy atom. The maximum atomic E-state index is 11.6. The van der Waals surface area contributed by atoms with Crippen molar-refractivity contribution in [2.45, 2.75) is 26.8 Å². The highest BCUT2D eigenvalue weighted by Crippen LogP contribution is 2.27. The van der Waals surface area contributed by atoms with E-state index in [1.165, 1.54) is 5.56 Å². The van der Waals surface area contributed by atoms with Crippen LogP contribution < -0.4 is 0 Å². The van der Waals surface area contributed by atoms with E-state index in [0.29, 0.717) is 24.9 Å². The van der Waals surface area contributed by atoms with E-state index in [9.17, 15) is 4.79 Å². The third kappa shape index (κ3) is 4.06. The molecule has 1 aromatic rings.